The van der Waals surface area contributed by atoms with Gasteiger partial charge in [0.15, 0.2) is 0 Å². The molecule has 1 aromatic carbocycles. The molecule has 1 heterocycles. The average molecular weight is 345 g/mol. The number of aromatic nitrogens is 1. The second-order valence-electron chi connectivity index (χ2n) is 7.33. The summed E-state index contributed by atoms with van der Waals surface area (Å²) >= 11 is 0. The number of hydrogen-bond donors (Lipinski definition) is 3. The Labute approximate surface area is 148 Å². The van der Waals surface area contributed by atoms with Gasteiger partial charge in [-0.25, -0.2) is 0 Å². The van der Waals surface area contributed by atoms with E-state index in [0.717, 1.165) is 23.9 Å². The second-order valence-corrected chi connectivity index (χ2v) is 7.33. The summed E-state index contributed by atoms with van der Waals surface area (Å²) in [6.45, 7) is 8.63. The Hall–Kier alpha value is -2.34. The minimum Gasteiger partial charge on any atom is -0.391 e. The molecule has 0 saturated carbocycles. The molecule has 6 heteroatoms. The zero-order valence-electron chi connectivity index (χ0n) is 15.3. The zero-order chi connectivity index (χ0) is 18.6. The van der Waals surface area contributed by atoms with Crippen LogP contribution in [0.25, 0.3) is 10.9 Å². The van der Waals surface area contributed by atoms with E-state index in [1.807, 2.05) is 45.2 Å². The van der Waals surface area contributed by atoms with E-state index in [-0.39, 0.29) is 12.0 Å². The lowest BCUT2D eigenvalue weighted by Crippen LogP contribution is -2.43. The Morgan fingerprint density at radius 2 is 1.92 bits per heavy atom. The number of aryl methyl sites for hydroxylation is 1. The second kappa shape index (κ2) is 7.70. The summed E-state index contributed by atoms with van der Waals surface area (Å²) in [5, 5.41) is 16.1. The Bertz CT molecular complexity index is 759. The fourth-order valence-corrected chi connectivity index (χ4v) is 2.46. The van der Waals surface area contributed by atoms with Crippen molar-refractivity contribution in [1.82, 2.24) is 9.88 Å². The van der Waals surface area contributed by atoms with Crippen LogP contribution < -0.4 is 10.6 Å². The topological polar surface area (TPSA) is 83.4 Å². The molecule has 0 aliphatic carbocycles. The quantitative estimate of drug-likeness (QED) is 0.728. The van der Waals surface area contributed by atoms with Crippen LogP contribution in [0.15, 0.2) is 30.5 Å². The summed E-state index contributed by atoms with van der Waals surface area (Å²) in [5.74, 6) is -1.50. The first-order valence-corrected chi connectivity index (χ1v) is 8.58. The van der Waals surface area contributed by atoms with Gasteiger partial charge in [-0.15, -0.1) is 0 Å². The number of rotatable bonds is 5. The van der Waals surface area contributed by atoms with Gasteiger partial charge in [0.05, 0.1) is 11.6 Å². The normalized spacial score (nSPS) is 12.8. The van der Waals surface area contributed by atoms with Gasteiger partial charge >= 0.3 is 11.8 Å². The van der Waals surface area contributed by atoms with Gasteiger partial charge in [-0.05, 0) is 35.4 Å². The van der Waals surface area contributed by atoms with Crippen molar-refractivity contribution >= 4 is 28.4 Å². The molecule has 0 aliphatic heterocycles. The molecule has 2 aromatic rings. The molecule has 0 aliphatic rings. The maximum atomic E-state index is 12.0. The maximum Gasteiger partial charge on any atom is 0.313 e. The van der Waals surface area contributed by atoms with Gasteiger partial charge in [-0.1, -0.05) is 33.8 Å². The number of aliphatic hydroxyl groups excluding tert-OH is 1. The summed E-state index contributed by atoms with van der Waals surface area (Å²) in [6, 6.07) is 7.57. The van der Waals surface area contributed by atoms with Crippen molar-refractivity contribution in [3.05, 3.63) is 30.5 Å². The van der Waals surface area contributed by atoms with Gasteiger partial charge in [0.25, 0.3) is 0 Å². The van der Waals surface area contributed by atoms with Crippen LogP contribution in [0.1, 0.15) is 34.1 Å². The number of anilines is 1. The third-order valence-corrected chi connectivity index (χ3v) is 4.16. The molecule has 0 saturated heterocycles. The monoisotopic (exact) mass is 345 g/mol. The highest BCUT2D eigenvalue weighted by atomic mass is 16.3. The largest absolute Gasteiger partial charge is 0.391 e. The third kappa shape index (κ3) is 4.82. The fourth-order valence-electron chi connectivity index (χ4n) is 2.46. The highest BCUT2D eigenvalue weighted by Gasteiger charge is 2.23. The summed E-state index contributed by atoms with van der Waals surface area (Å²) in [5.41, 5.74) is 1.22. The first-order valence-electron chi connectivity index (χ1n) is 8.58. The number of aliphatic hydroxyl groups is 1. The molecule has 1 aromatic heterocycles. The molecule has 1 unspecified atom stereocenters. The minimum atomic E-state index is -0.757. The van der Waals surface area contributed by atoms with Crippen LogP contribution >= 0.6 is 0 Å². The van der Waals surface area contributed by atoms with Crippen LogP contribution in [0.4, 0.5) is 5.69 Å². The number of fused-ring (bicyclic) bond motifs is 1. The lowest BCUT2D eigenvalue weighted by Gasteiger charge is -2.25. The first-order chi connectivity index (χ1) is 11.7. The molecule has 0 spiro atoms. The molecule has 0 fully saturated rings. The first kappa shape index (κ1) is 19.0. The van der Waals surface area contributed by atoms with Crippen LogP contribution in [-0.4, -0.2) is 34.1 Å². The Balaban J connectivity index is 2.01. The fraction of sp³-hybridized carbons (Fsp3) is 0.474. The standard InChI is InChI=1S/C19H27N3O3/c1-5-9-22-10-8-13-6-7-14(11-15(13)22)21-18(25)17(24)20-12-16(23)19(2,3)4/h6-8,10-11,16,23H,5,9,12H2,1-4H3,(H,20,24)(H,21,25). The van der Waals surface area contributed by atoms with Crippen molar-refractivity contribution in [3.8, 4) is 0 Å². The van der Waals surface area contributed by atoms with Crippen molar-refractivity contribution in [2.45, 2.75) is 46.8 Å². The van der Waals surface area contributed by atoms with E-state index in [9.17, 15) is 14.7 Å². The van der Waals surface area contributed by atoms with E-state index in [2.05, 4.69) is 22.1 Å². The van der Waals surface area contributed by atoms with Crippen LogP contribution in [0.2, 0.25) is 0 Å². The number of nitrogens with zero attached hydrogens (tertiary/aromatic N) is 1. The maximum absolute atomic E-state index is 12.0. The van der Waals surface area contributed by atoms with E-state index < -0.39 is 17.9 Å². The van der Waals surface area contributed by atoms with Crippen molar-refractivity contribution in [3.63, 3.8) is 0 Å². The van der Waals surface area contributed by atoms with Gasteiger partial charge in [-0.2, -0.15) is 0 Å². The molecular formula is C19H27N3O3. The van der Waals surface area contributed by atoms with Gasteiger partial charge in [0.1, 0.15) is 0 Å². The average Bonchev–Trinajstić information content (AvgIpc) is 2.94. The zero-order valence-corrected chi connectivity index (χ0v) is 15.3. The SMILES string of the molecule is CCCn1ccc2ccc(NC(=O)C(=O)NCC(O)C(C)(C)C)cc21. The summed E-state index contributed by atoms with van der Waals surface area (Å²) < 4.78 is 2.12. The number of carbonyl (C=O) groups is 2. The molecule has 136 valence electrons. The van der Waals surface area contributed by atoms with E-state index in [4.69, 9.17) is 0 Å². The number of amides is 2. The molecular weight excluding hydrogens is 318 g/mol. The smallest absolute Gasteiger partial charge is 0.313 e. The Morgan fingerprint density at radius 1 is 1.20 bits per heavy atom. The van der Waals surface area contributed by atoms with Crippen molar-refractivity contribution in [1.29, 1.82) is 0 Å². The highest BCUT2D eigenvalue weighted by molar-refractivity contribution is 6.39. The Morgan fingerprint density at radius 3 is 2.56 bits per heavy atom. The number of nitrogens with one attached hydrogen (secondary N) is 2. The molecule has 6 nitrogen and oxygen atoms in total. The summed E-state index contributed by atoms with van der Waals surface area (Å²) in [4.78, 5) is 24.0. The lowest BCUT2D eigenvalue weighted by atomic mass is 9.89. The number of hydrogen-bond acceptors (Lipinski definition) is 3. The van der Waals surface area contributed by atoms with Gasteiger partial charge in [0.2, 0.25) is 0 Å². The van der Waals surface area contributed by atoms with Crippen molar-refractivity contribution in [2.75, 3.05) is 11.9 Å². The molecule has 25 heavy (non-hydrogen) atoms. The van der Waals surface area contributed by atoms with Crippen molar-refractivity contribution in [2.24, 2.45) is 5.41 Å². The molecule has 0 bridgehead atoms. The summed E-state index contributed by atoms with van der Waals surface area (Å²) in [6.07, 6.45) is 2.30. The van der Waals surface area contributed by atoms with Crippen LogP contribution in [-0.2, 0) is 16.1 Å². The van der Waals surface area contributed by atoms with Crippen LogP contribution in [0.3, 0.4) is 0 Å². The predicted octanol–water partition coefficient (Wildman–Crippen LogP) is 2.51. The molecule has 3 N–H and O–H groups in total. The molecule has 2 rings (SSSR count). The molecule has 0 radical (unpaired) electrons. The highest BCUT2D eigenvalue weighted by Crippen LogP contribution is 2.21. The van der Waals surface area contributed by atoms with Gasteiger partial charge in [-0.3, -0.25) is 9.59 Å². The van der Waals surface area contributed by atoms with E-state index in [1.165, 1.54) is 0 Å². The van der Waals surface area contributed by atoms with Crippen LogP contribution in [0.5, 0.6) is 0 Å². The molecule has 2 amide bonds. The lowest BCUT2D eigenvalue weighted by molar-refractivity contribution is -0.136. The van der Waals surface area contributed by atoms with E-state index in [1.54, 1.807) is 6.07 Å². The minimum absolute atomic E-state index is 0.0359. The van der Waals surface area contributed by atoms with Gasteiger partial charge < -0.3 is 20.3 Å². The molecule has 1 atom stereocenters. The van der Waals surface area contributed by atoms with Crippen LogP contribution in [0, 0.1) is 5.41 Å². The van der Waals surface area contributed by atoms with E-state index >= 15 is 0 Å². The van der Waals surface area contributed by atoms with E-state index in [0.29, 0.717) is 5.69 Å². The third-order valence-electron chi connectivity index (χ3n) is 4.16. The van der Waals surface area contributed by atoms with Gasteiger partial charge in [0, 0.05) is 25.0 Å². The summed E-state index contributed by atoms with van der Waals surface area (Å²) in [7, 11) is 0. The van der Waals surface area contributed by atoms with Crippen molar-refractivity contribution < 1.29 is 14.7 Å². The number of benzene rings is 1. The predicted molar refractivity (Wildman–Crippen MR) is 99.3 cm³/mol. The number of carbonyl (C=O) groups excluding carboxylic acids is 2. The Kier molecular flexibility index (Phi) is 5.85.